The molecule has 0 atom stereocenters. The van der Waals surface area contributed by atoms with Crippen molar-refractivity contribution in [2.45, 2.75) is 0 Å². The fourth-order valence-corrected chi connectivity index (χ4v) is 3.09. The predicted octanol–water partition coefficient (Wildman–Crippen LogP) is 4.48. The Bertz CT molecular complexity index is 804. The average molecular weight is 377 g/mol. The van der Waals surface area contributed by atoms with Gasteiger partial charge in [-0.2, -0.15) is 0 Å². The van der Waals surface area contributed by atoms with Gasteiger partial charge in [0.1, 0.15) is 5.82 Å². The van der Waals surface area contributed by atoms with E-state index in [4.69, 9.17) is 0 Å². The lowest BCUT2D eigenvalue weighted by atomic mass is 10.2. The van der Waals surface area contributed by atoms with Gasteiger partial charge in [0.05, 0.1) is 10.6 Å². The zero-order valence-corrected chi connectivity index (χ0v) is 13.6. The lowest BCUT2D eigenvalue weighted by Crippen LogP contribution is -2.19. The summed E-state index contributed by atoms with van der Waals surface area (Å²) in [6, 6.07) is 13.6. The zero-order valence-electron chi connectivity index (χ0n) is 11.2. The first-order valence-electron chi connectivity index (χ1n) is 6.41. The van der Waals surface area contributed by atoms with E-state index >= 15 is 0 Å². The molecule has 0 bridgehead atoms. The molecule has 6 heteroatoms. The second-order valence-electron chi connectivity index (χ2n) is 4.49. The van der Waals surface area contributed by atoms with E-state index in [2.05, 4.69) is 26.2 Å². The fraction of sp³-hybridized carbons (Fsp3) is 0. The van der Waals surface area contributed by atoms with Gasteiger partial charge in [0.2, 0.25) is 0 Å². The van der Waals surface area contributed by atoms with Crippen molar-refractivity contribution in [3.63, 3.8) is 0 Å². The van der Waals surface area contributed by atoms with Gasteiger partial charge in [0.25, 0.3) is 5.91 Å². The molecule has 0 radical (unpaired) electrons. The van der Waals surface area contributed by atoms with E-state index in [1.807, 2.05) is 24.3 Å². The van der Waals surface area contributed by atoms with Crippen LogP contribution in [-0.2, 0) is 4.79 Å². The average Bonchev–Trinajstić information content (AvgIpc) is 2.81. The Morgan fingerprint density at radius 2 is 2.00 bits per heavy atom. The van der Waals surface area contributed by atoms with Crippen molar-refractivity contribution >= 4 is 50.5 Å². The van der Waals surface area contributed by atoms with E-state index in [0.717, 1.165) is 10.2 Å². The molecular weight excluding hydrogens is 367 g/mol. The SMILES string of the molecule is O=C1NC(=Nc2ccccc2Br)S/C1=C/c1cccc(F)c1. The molecule has 1 amide bonds. The molecule has 1 aliphatic rings. The predicted molar refractivity (Wildman–Crippen MR) is 91.3 cm³/mol. The maximum Gasteiger partial charge on any atom is 0.264 e. The van der Waals surface area contributed by atoms with Gasteiger partial charge in [-0.15, -0.1) is 0 Å². The van der Waals surface area contributed by atoms with Crippen LogP contribution >= 0.6 is 27.7 Å². The number of nitrogens with zero attached hydrogens (tertiary/aromatic N) is 1. The third kappa shape index (κ3) is 3.45. The van der Waals surface area contributed by atoms with Crippen LogP contribution in [-0.4, -0.2) is 11.1 Å². The van der Waals surface area contributed by atoms with Crippen molar-refractivity contribution < 1.29 is 9.18 Å². The first kappa shape index (κ1) is 15.0. The molecule has 1 aliphatic heterocycles. The molecule has 1 N–H and O–H groups in total. The minimum absolute atomic E-state index is 0.236. The topological polar surface area (TPSA) is 41.5 Å². The minimum atomic E-state index is -0.333. The molecule has 0 aliphatic carbocycles. The molecule has 1 saturated heterocycles. The van der Waals surface area contributed by atoms with Crippen molar-refractivity contribution in [1.82, 2.24) is 5.32 Å². The summed E-state index contributed by atoms with van der Waals surface area (Å²) < 4.78 is 14.0. The smallest absolute Gasteiger partial charge is 0.264 e. The number of carbonyl (C=O) groups excluding carboxylic acids is 1. The number of aliphatic imine (C=N–C) groups is 1. The maximum absolute atomic E-state index is 13.2. The number of amides is 1. The Hall–Kier alpha value is -1.92. The number of carbonyl (C=O) groups is 1. The quantitative estimate of drug-likeness (QED) is 0.785. The Kier molecular flexibility index (Phi) is 4.40. The van der Waals surface area contributed by atoms with Crippen molar-refractivity contribution in [2.24, 2.45) is 4.99 Å². The number of nitrogens with one attached hydrogen (secondary N) is 1. The van der Waals surface area contributed by atoms with Crippen molar-refractivity contribution in [3.8, 4) is 0 Å². The fourth-order valence-electron chi connectivity index (χ4n) is 1.88. The molecule has 0 saturated carbocycles. The molecule has 0 aromatic heterocycles. The monoisotopic (exact) mass is 376 g/mol. The number of rotatable bonds is 2. The van der Waals surface area contributed by atoms with E-state index in [0.29, 0.717) is 15.6 Å². The highest BCUT2D eigenvalue weighted by Gasteiger charge is 2.23. The number of para-hydroxylation sites is 1. The van der Waals surface area contributed by atoms with E-state index in [-0.39, 0.29) is 11.7 Å². The second-order valence-corrected chi connectivity index (χ2v) is 6.37. The summed E-state index contributed by atoms with van der Waals surface area (Å²) in [5.74, 6) is -0.570. The van der Waals surface area contributed by atoms with Crippen LogP contribution in [0.5, 0.6) is 0 Å². The molecule has 1 heterocycles. The number of hydrogen-bond acceptors (Lipinski definition) is 3. The molecule has 110 valence electrons. The summed E-state index contributed by atoms with van der Waals surface area (Å²) in [4.78, 5) is 16.8. The van der Waals surface area contributed by atoms with Crippen LogP contribution in [0.4, 0.5) is 10.1 Å². The van der Waals surface area contributed by atoms with E-state index in [1.165, 1.54) is 23.9 Å². The third-order valence-electron chi connectivity index (χ3n) is 2.87. The van der Waals surface area contributed by atoms with Crippen molar-refractivity contribution in [2.75, 3.05) is 0 Å². The highest BCUT2D eigenvalue weighted by atomic mass is 79.9. The number of amidine groups is 1. The van der Waals surface area contributed by atoms with E-state index < -0.39 is 0 Å². The number of hydrogen-bond donors (Lipinski definition) is 1. The van der Waals surface area contributed by atoms with Gasteiger partial charge in [-0.3, -0.25) is 4.79 Å². The molecule has 2 aromatic carbocycles. The highest BCUT2D eigenvalue weighted by Crippen LogP contribution is 2.30. The van der Waals surface area contributed by atoms with Gasteiger partial charge in [0.15, 0.2) is 5.17 Å². The molecule has 22 heavy (non-hydrogen) atoms. The summed E-state index contributed by atoms with van der Waals surface area (Å²) in [7, 11) is 0. The zero-order chi connectivity index (χ0) is 15.5. The van der Waals surface area contributed by atoms with Crippen LogP contribution in [0.15, 0.2) is 62.9 Å². The molecule has 3 rings (SSSR count). The van der Waals surface area contributed by atoms with Gasteiger partial charge in [-0.1, -0.05) is 24.3 Å². The van der Waals surface area contributed by atoms with Crippen LogP contribution in [0, 0.1) is 5.82 Å². The first-order valence-corrected chi connectivity index (χ1v) is 8.02. The van der Waals surface area contributed by atoms with Gasteiger partial charge < -0.3 is 5.32 Å². The summed E-state index contributed by atoms with van der Waals surface area (Å²) >= 11 is 4.64. The molecule has 2 aromatic rings. The summed E-state index contributed by atoms with van der Waals surface area (Å²) in [5.41, 5.74) is 1.37. The molecule has 0 spiro atoms. The number of benzene rings is 2. The standard InChI is InChI=1S/C16H10BrFN2OS/c17-12-6-1-2-7-13(12)19-16-20-15(21)14(22-16)9-10-4-3-5-11(18)8-10/h1-9H,(H,19,20,21)/b14-9+. The van der Waals surface area contributed by atoms with Crippen LogP contribution < -0.4 is 5.32 Å². The second kappa shape index (κ2) is 6.46. The summed E-state index contributed by atoms with van der Waals surface area (Å²) in [6.07, 6.45) is 1.64. The maximum atomic E-state index is 13.2. The van der Waals surface area contributed by atoms with Crippen molar-refractivity contribution in [3.05, 3.63) is 69.3 Å². The van der Waals surface area contributed by atoms with Crippen LogP contribution in [0.25, 0.3) is 6.08 Å². The number of halogens is 2. The van der Waals surface area contributed by atoms with E-state index in [1.54, 1.807) is 18.2 Å². The van der Waals surface area contributed by atoms with Gasteiger partial charge >= 0.3 is 0 Å². The van der Waals surface area contributed by atoms with E-state index in [9.17, 15) is 9.18 Å². The molecule has 0 unspecified atom stereocenters. The Balaban J connectivity index is 1.86. The van der Waals surface area contributed by atoms with Gasteiger partial charge in [0, 0.05) is 4.47 Å². The Morgan fingerprint density at radius 3 is 2.77 bits per heavy atom. The first-order chi connectivity index (χ1) is 10.6. The molecule has 1 fully saturated rings. The summed E-state index contributed by atoms with van der Waals surface area (Å²) in [6.45, 7) is 0. The molecular formula is C16H10BrFN2OS. The lowest BCUT2D eigenvalue weighted by Gasteiger charge is -1.98. The minimum Gasteiger partial charge on any atom is -0.300 e. The largest absolute Gasteiger partial charge is 0.300 e. The Labute approximate surface area is 139 Å². The van der Waals surface area contributed by atoms with Crippen LogP contribution in [0.3, 0.4) is 0 Å². The van der Waals surface area contributed by atoms with Gasteiger partial charge in [-0.05, 0) is 63.6 Å². The highest BCUT2D eigenvalue weighted by molar-refractivity contribution is 9.10. The van der Waals surface area contributed by atoms with Gasteiger partial charge in [-0.25, -0.2) is 9.38 Å². The normalized spacial score (nSPS) is 18.0. The summed E-state index contributed by atoms with van der Waals surface area (Å²) in [5, 5.41) is 3.21. The van der Waals surface area contributed by atoms with Crippen LogP contribution in [0.2, 0.25) is 0 Å². The Morgan fingerprint density at radius 1 is 1.18 bits per heavy atom. The third-order valence-corrected chi connectivity index (χ3v) is 4.45. The van der Waals surface area contributed by atoms with Crippen LogP contribution in [0.1, 0.15) is 5.56 Å². The number of thioether (sulfide) groups is 1. The molecule has 3 nitrogen and oxygen atoms in total. The lowest BCUT2D eigenvalue weighted by molar-refractivity contribution is -0.115. The van der Waals surface area contributed by atoms with Crippen molar-refractivity contribution in [1.29, 1.82) is 0 Å².